The standard InChI is InChI=1S/C16H8Cl2F3N3O/c17-13-11-5-4-8(6-12(11)14(18)24-23-13)15(25)22-10-3-1-2-9(7-10)16(19,20)21/h1-7H,(H,22,25). The van der Waals surface area contributed by atoms with Gasteiger partial charge in [-0.1, -0.05) is 35.3 Å². The molecule has 1 heterocycles. The molecule has 3 aromatic rings. The van der Waals surface area contributed by atoms with E-state index in [1.54, 1.807) is 6.07 Å². The van der Waals surface area contributed by atoms with Gasteiger partial charge in [0, 0.05) is 22.0 Å². The smallest absolute Gasteiger partial charge is 0.322 e. The fourth-order valence-electron chi connectivity index (χ4n) is 2.21. The highest BCUT2D eigenvalue weighted by molar-refractivity contribution is 6.38. The van der Waals surface area contributed by atoms with Gasteiger partial charge in [-0.2, -0.15) is 13.2 Å². The maximum Gasteiger partial charge on any atom is 0.416 e. The summed E-state index contributed by atoms with van der Waals surface area (Å²) in [6.07, 6.45) is -4.49. The van der Waals surface area contributed by atoms with Gasteiger partial charge in [0.05, 0.1) is 5.56 Å². The molecule has 0 aliphatic rings. The molecular formula is C16H8Cl2F3N3O. The van der Waals surface area contributed by atoms with E-state index < -0.39 is 17.6 Å². The van der Waals surface area contributed by atoms with Crippen LogP contribution in [0.4, 0.5) is 18.9 Å². The maximum absolute atomic E-state index is 12.7. The Bertz CT molecular complexity index is 976. The molecular weight excluding hydrogens is 378 g/mol. The van der Waals surface area contributed by atoms with E-state index in [1.807, 2.05) is 0 Å². The Morgan fingerprint density at radius 1 is 0.960 bits per heavy atom. The van der Waals surface area contributed by atoms with Crippen molar-refractivity contribution in [3.8, 4) is 0 Å². The average Bonchev–Trinajstić information content (AvgIpc) is 2.57. The first-order valence-electron chi connectivity index (χ1n) is 6.86. The number of hydrogen-bond donors (Lipinski definition) is 1. The number of benzene rings is 2. The van der Waals surface area contributed by atoms with Crippen molar-refractivity contribution in [1.82, 2.24) is 10.2 Å². The molecule has 1 amide bonds. The van der Waals surface area contributed by atoms with Crippen LogP contribution in [0.25, 0.3) is 10.8 Å². The second kappa shape index (κ2) is 6.50. The quantitative estimate of drug-likeness (QED) is 0.658. The van der Waals surface area contributed by atoms with Crippen LogP contribution in [0.15, 0.2) is 42.5 Å². The van der Waals surface area contributed by atoms with Crippen molar-refractivity contribution < 1.29 is 18.0 Å². The number of nitrogens with one attached hydrogen (secondary N) is 1. The Kier molecular flexibility index (Phi) is 4.53. The molecule has 0 fully saturated rings. The van der Waals surface area contributed by atoms with Crippen molar-refractivity contribution >= 4 is 45.6 Å². The molecule has 9 heteroatoms. The van der Waals surface area contributed by atoms with Crippen LogP contribution >= 0.6 is 23.2 Å². The minimum atomic E-state index is -4.49. The van der Waals surface area contributed by atoms with Gasteiger partial charge >= 0.3 is 6.18 Å². The SMILES string of the molecule is O=C(Nc1cccc(C(F)(F)F)c1)c1ccc2c(Cl)nnc(Cl)c2c1. The number of carbonyl (C=O) groups excluding carboxylic acids is 1. The number of carbonyl (C=O) groups is 1. The molecule has 0 unspecified atom stereocenters. The fraction of sp³-hybridized carbons (Fsp3) is 0.0625. The molecule has 0 atom stereocenters. The van der Waals surface area contributed by atoms with Crippen LogP contribution in [0, 0.1) is 0 Å². The highest BCUT2D eigenvalue weighted by Crippen LogP contribution is 2.31. The lowest BCUT2D eigenvalue weighted by Gasteiger charge is -2.10. The largest absolute Gasteiger partial charge is 0.416 e. The van der Waals surface area contributed by atoms with Crippen molar-refractivity contribution in [3.05, 3.63) is 63.9 Å². The van der Waals surface area contributed by atoms with E-state index in [1.165, 1.54) is 24.3 Å². The van der Waals surface area contributed by atoms with Gasteiger partial charge in [-0.05, 0) is 30.3 Å². The van der Waals surface area contributed by atoms with Crippen LogP contribution in [0.1, 0.15) is 15.9 Å². The number of anilines is 1. The number of aromatic nitrogens is 2. The van der Waals surface area contributed by atoms with Gasteiger partial charge in [-0.15, -0.1) is 10.2 Å². The molecule has 0 aliphatic carbocycles. The molecule has 0 bridgehead atoms. The monoisotopic (exact) mass is 385 g/mol. The average molecular weight is 386 g/mol. The zero-order valence-corrected chi connectivity index (χ0v) is 13.7. The van der Waals surface area contributed by atoms with Gasteiger partial charge in [0.2, 0.25) is 0 Å². The van der Waals surface area contributed by atoms with E-state index in [4.69, 9.17) is 23.2 Å². The molecule has 4 nitrogen and oxygen atoms in total. The van der Waals surface area contributed by atoms with Crippen LogP contribution in [0.2, 0.25) is 10.3 Å². The van der Waals surface area contributed by atoms with Gasteiger partial charge < -0.3 is 5.32 Å². The predicted octanol–water partition coefficient (Wildman–Crippen LogP) is 5.21. The van der Waals surface area contributed by atoms with E-state index in [2.05, 4.69) is 15.5 Å². The first-order valence-corrected chi connectivity index (χ1v) is 7.61. The van der Waals surface area contributed by atoms with Crippen LogP contribution < -0.4 is 5.32 Å². The first kappa shape index (κ1) is 17.4. The number of alkyl halides is 3. The lowest BCUT2D eigenvalue weighted by atomic mass is 10.1. The van der Waals surface area contributed by atoms with Gasteiger partial charge in [0.1, 0.15) is 0 Å². The van der Waals surface area contributed by atoms with E-state index in [0.717, 1.165) is 12.1 Å². The molecule has 0 radical (unpaired) electrons. The maximum atomic E-state index is 12.7. The number of hydrogen-bond acceptors (Lipinski definition) is 3. The third-order valence-corrected chi connectivity index (χ3v) is 3.96. The fourth-order valence-corrected chi connectivity index (χ4v) is 2.60. The summed E-state index contributed by atoms with van der Waals surface area (Å²) in [6, 6.07) is 8.81. The molecule has 1 aromatic heterocycles. The van der Waals surface area contributed by atoms with Gasteiger partial charge in [0.25, 0.3) is 5.91 Å². The number of rotatable bonds is 2. The second-order valence-electron chi connectivity index (χ2n) is 5.07. The number of nitrogens with zero attached hydrogens (tertiary/aromatic N) is 2. The van der Waals surface area contributed by atoms with Crippen molar-refractivity contribution in [1.29, 1.82) is 0 Å². The normalized spacial score (nSPS) is 11.6. The van der Waals surface area contributed by atoms with Crippen molar-refractivity contribution in [2.24, 2.45) is 0 Å². The Morgan fingerprint density at radius 2 is 1.64 bits per heavy atom. The van der Waals surface area contributed by atoms with Gasteiger partial charge in [-0.25, -0.2) is 0 Å². The highest BCUT2D eigenvalue weighted by atomic mass is 35.5. The topological polar surface area (TPSA) is 54.9 Å². The van der Waals surface area contributed by atoms with Crippen molar-refractivity contribution in [3.63, 3.8) is 0 Å². The highest BCUT2D eigenvalue weighted by Gasteiger charge is 2.30. The van der Waals surface area contributed by atoms with Crippen LogP contribution in [0.5, 0.6) is 0 Å². The zero-order chi connectivity index (χ0) is 18.2. The number of fused-ring (bicyclic) bond motifs is 1. The predicted molar refractivity (Wildman–Crippen MR) is 89.0 cm³/mol. The number of halogens is 5. The Hall–Kier alpha value is -2.38. The molecule has 1 N–H and O–H groups in total. The summed E-state index contributed by atoms with van der Waals surface area (Å²) in [7, 11) is 0. The zero-order valence-electron chi connectivity index (χ0n) is 12.2. The minimum Gasteiger partial charge on any atom is -0.322 e. The van der Waals surface area contributed by atoms with Crippen LogP contribution in [-0.4, -0.2) is 16.1 Å². The Labute approximate surface area is 149 Å². The van der Waals surface area contributed by atoms with E-state index in [-0.39, 0.29) is 21.6 Å². The summed E-state index contributed by atoms with van der Waals surface area (Å²) in [4.78, 5) is 12.3. The van der Waals surface area contributed by atoms with Crippen molar-refractivity contribution in [2.45, 2.75) is 6.18 Å². The minimum absolute atomic E-state index is 0.0249. The Balaban J connectivity index is 1.92. The third-order valence-electron chi connectivity index (χ3n) is 3.40. The number of amides is 1. The molecule has 0 saturated heterocycles. The summed E-state index contributed by atoms with van der Waals surface area (Å²) in [5.41, 5.74) is -0.637. The molecule has 2 aromatic carbocycles. The molecule has 128 valence electrons. The van der Waals surface area contributed by atoms with Crippen LogP contribution in [-0.2, 0) is 6.18 Å². The summed E-state index contributed by atoms with van der Waals surface area (Å²) in [5, 5.41) is 10.9. The first-order chi connectivity index (χ1) is 11.8. The lowest BCUT2D eigenvalue weighted by molar-refractivity contribution is -0.137. The molecule has 0 saturated carbocycles. The lowest BCUT2D eigenvalue weighted by Crippen LogP contribution is -2.13. The van der Waals surface area contributed by atoms with Crippen molar-refractivity contribution in [2.75, 3.05) is 5.32 Å². The van der Waals surface area contributed by atoms with E-state index in [9.17, 15) is 18.0 Å². The molecule has 0 spiro atoms. The molecule has 0 aliphatic heterocycles. The van der Waals surface area contributed by atoms with Crippen LogP contribution in [0.3, 0.4) is 0 Å². The summed E-state index contributed by atoms with van der Waals surface area (Å²) in [5.74, 6) is -0.592. The molecule has 25 heavy (non-hydrogen) atoms. The second-order valence-corrected chi connectivity index (χ2v) is 5.79. The third kappa shape index (κ3) is 3.67. The van der Waals surface area contributed by atoms with E-state index >= 15 is 0 Å². The van der Waals surface area contributed by atoms with Gasteiger partial charge in [0.15, 0.2) is 10.3 Å². The summed E-state index contributed by atoms with van der Waals surface area (Å²) in [6.45, 7) is 0. The van der Waals surface area contributed by atoms with Gasteiger partial charge in [-0.3, -0.25) is 4.79 Å². The van der Waals surface area contributed by atoms with E-state index in [0.29, 0.717) is 10.8 Å². The Morgan fingerprint density at radius 3 is 2.32 bits per heavy atom. The summed E-state index contributed by atoms with van der Waals surface area (Å²) >= 11 is 11.9. The molecule has 3 rings (SSSR count). The summed E-state index contributed by atoms with van der Waals surface area (Å²) < 4.78 is 38.2.